The fraction of sp³-hybridized carbons (Fsp3) is 1.00. The monoisotopic (exact) mass is 972 g/mol. The highest BCUT2D eigenvalue weighted by Crippen LogP contribution is 2.37. The molecule has 7 heterocycles. The molecule has 30 atom stereocenters. The Morgan fingerprint density at radius 1 is 0.303 bits per heavy atom. The Bertz CT molecular complexity index is 1520. The smallest absolute Gasteiger partial charge is 0.187 e. The van der Waals surface area contributed by atoms with E-state index in [1.807, 2.05) is 0 Å². The third-order valence-electron chi connectivity index (χ3n) is 12.6. The predicted molar refractivity (Wildman–Crippen MR) is 196 cm³/mol. The normalized spacial score (nSPS) is 55.4. The largest absolute Gasteiger partial charge is 0.394 e. The van der Waals surface area contributed by atoms with Crippen molar-refractivity contribution >= 4 is 0 Å². The van der Waals surface area contributed by atoms with Crippen LogP contribution in [0.2, 0.25) is 0 Å². The number of fused-ring (bicyclic) bond motifs is 8. The van der Waals surface area contributed by atoms with Crippen LogP contribution in [0.3, 0.4) is 0 Å². The van der Waals surface area contributed by atoms with Crippen molar-refractivity contribution in [1.29, 1.82) is 0 Å². The molecule has 66 heavy (non-hydrogen) atoms. The molecule has 0 aromatic rings. The van der Waals surface area contributed by atoms with Gasteiger partial charge in [-0.25, -0.2) is 0 Å². The summed E-state index contributed by atoms with van der Waals surface area (Å²) in [7, 11) is 0. The van der Waals surface area contributed by atoms with E-state index in [4.69, 9.17) is 56.8 Å². The molecule has 30 heteroatoms. The van der Waals surface area contributed by atoms with E-state index < -0.39 is 224 Å². The van der Waals surface area contributed by atoms with Crippen LogP contribution in [0.5, 0.6) is 0 Å². The highest BCUT2D eigenvalue weighted by Gasteiger charge is 2.58. The highest BCUT2D eigenvalue weighted by molar-refractivity contribution is 5.00. The van der Waals surface area contributed by atoms with Crippen LogP contribution in [0.1, 0.15) is 0 Å². The molecule has 18 N–H and O–H groups in total. The van der Waals surface area contributed by atoms with Crippen LogP contribution in [0.25, 0.3) is 0 Å². The first-order valence-electron chi connectivity index (χ1n) is 21.1. The van der Waals surface area contributed by atoms with Crippen LogP contribution in [0.15, 0.2) is 0 Å². The molecule has 30 nitrogen and oxygen atoms in total. The van der Waals surface area contributed by atoms with Gasteiger partial charge in [-0.05, 0) is 0 Å². The van der Waals surface area contributed by atoms with Gasteiger partial charge in [-0.2, -0.15) is 0 Å². The molecule has 384 valence electrons. The fourth-order valence-electron chi connectivity index (χ4n) is 8.68. The standard InChI is InChI=1S/C36H60O30/c37-1-7-13(41)18(46)22(50)33(59-7)63-27-12-6-56-32-26(54)29(17(45)10(4-40)58-32)65-36-30(66-34-23(51)19(47)14(42)8(2-38)60-34)20(48)15(43)11(61-36)5-55-31-25(53)28(16(44)9(3-39)57-31)64-35(62-12)24(52)21(27)49/h7-54H,1-6H2/t7-,8-,9-,10-,11+,12-,13-,14-,15+,16-,17-,18+,19+,20-,21-,22-,23-,24-,25-,26-,27-,28+,29+,30+,31+,32+,33-,34-,35-,36+/m1/s1. The van der Waals surface area contributed by atoms with Gasteiger partial charge >= 0.3 is 0 Å². The zero-order valence-corrected chi connectivity index (χ0v) is 34.5. The average molecular weight is 973 g/mol. The quantitative estimate of drug-likeness (QED) is 0.107. The molecule has 7 aliphatic heterocycles. The average Bonchev–Trinajstić information content (AvgIpc) is 3.30. The second kappa shape index (κ2) is 22.1. The number of aliphatic hydroxyl groups excluding tert-OH is 18. The topological polar surface area (TPSA) is 475 Å². The highest BCUT2D eigenvalue weighted by atomic mass is 16.8. The van der Waals surface area contributed by atoms with Crippen molar-refractivity contribution in [1.82, 2.24) is 0 Å². The molecule has 0 unspecified atom stereocenters. The summed E-state index contributed by atoms with van der Waals surface area (Å²) in [6.07, 6.45) is -58.0. The first-order valence-corrected chi connectivity index (χ1v) is 21.1. The molecule has 8 bridgehead atoms. The maximum Gasteiger partial charge on any atom is 0.187 e. The third kappa shape index (κ3) is 10.3. The second-order valence-electron chi connectivity index (χ2n) is 16.9. The van der Waals surface area contributed by atoms with Gasteiger partial charge in [-0.15, -0.1) is 0 Å². The first-order chi connectivity index (χ1) is 31.3. The molecule has 0 aliphatic carbocycles. The summed E-state index contributed by atoms with van der Waals surface area (Å²) in [4.78, 5) is 0. The fourth-order valence-corrected chi connectivity index (χ4v) is 8.68. The van der Waals surface area contributed by atoms with E-state index in [0.717, 1.165) is 0 Å². The summed E-state index contributed by atoms with van der Waals surface area (Å²) in [5.41, 5.74) is 0. The van der Waals surface area contributed by atoms with E-state index in [9.17, 15) is 91.9 Å². The van der Waals surface area contributed by atoms with Crippen molar-refractivity contribution in [3.8, 4) is 0 Å². The lowest BCUT2D eigenvalue weighted by Crippen LogP contribution is -2.68. The van der Waals surface area contributed by atoms with Gasteiger partial charge in [0.25, 0.3) is 0 Å². The molecular weight excluding hydrogens is 912 g/mol. The predicted octanol–water partition coefficient (Wildman–Crippen LogP) is -13.1. The minimum Gasteiger partial charge on any atom is -0.394 e. The maximum absolute atomic E-state index is 11.7. The minimum absolute atomic E-state index is 0.863. The van der Waals surface area contributed by atoms with Crippen molar-refractivity contribution < 1.29 is 149 Å². The number of hydrogen-bond donors (Lipinski definition) is 18. The van der Waals surface area contributed by atoms with Gasteiger partial charge in [0.15, 0.2) is 37.7 Å². The second-order valence-corrected chi connectivity index (χ2v) is 16.9. The molecule has 0 radical (unpaired) electrons. The Labute approximate surface area is 372 Å². The molecule has 0 spiro atoms. The van der Waals surface area contributed by atoms with Crippen LogP contribution >= 0.6 is 0 Å². The van der Waals surface area contributed by atoms with Gasteiger partial charge < -0.3 is 149 Å². The van der Waals surface area contributed by atoms with E-state index >= 15 is 0 Å². The van der Waals surface area contributed by atoms with Crippen molar-refractivity contribution in [2.24, 2.45) is 0 Å². The first kappa shape index (κ1) is 52.6. The Morgan fingerprint density at radius 3 is 1.17 bits per heavy atom. The maximum atomic E-state index is 11.7. The number of aliphatic hydroxyl groups is 18. The molecular formula is C36H60O30. The van der Waals surface area contributed by atoms with Gasteiger partial charge in [0.2, 0.25) is 0 Å². The lowest BCUT2D eigenvalue weighted by atomic mass is 9.95. The Kier molecular flexibility index (Phi) is 17.6. The van der Waals surface area contributed by atoms with Gasteiger partial charge in [0.1, 0.15) is 146 Å². The number of ether oxygens (including phenoxy) is 12. The van der Waals surface area contributed by atoms with Crippen LogP contribution in [0, 0.1) is 0 Å². The molecule has 0 aromatic carbocycles. The Hall–Kier alpha value is -1.20. The molecule has 7 aliphatic rings. The summed E-state index contributed by atoms with van der Waals surface area (Å²) in [6.45, 7) is -5.48. The molecule has 7 saturated heterocycles. The summed E-state index contributed by atoms with van der Waals surface area (Å²) in [5.74, 6) is 0. The van der Waals surface area contributed by atoms with Crippen LogP contribution < -0.4 is 0 Å². The number of rotatable bonds is 8. The molecule has 7 fully saturated rings. The molecule has 0 aromatic heterocycles. The summed E-state index contributed by atoms with van der Waals surface area (Å²) in [5, 5.41) is 194. The van der Waals surface area contributed by atoms with E-state index in [1.165, 1.54) is 0 Å². The van der Waals surface area contributed by atoms with Gasteiger partial charge in [0.05, 0.1) is 39.6 Å². The van der Waals surface area contributed by atoms with E-state index in [0.29, 0.717) is 0 Å². The zero-order valence-electron chi connectivity index (χ0n) is 34.5. The Balaban J connectivity index is 1.23. The van der Waals surface area contributed by atoms with Crippen LogP contribution in [0.4, 0.5) is 0 Å². The summed E-state index contributed by atoms with van der Waals surface area (Å²) >= 11 is 0. The lowest BCUT2D eigenvalue weighted by Gasteiger charge is -2.50. The van der Waals surface area contributed by atoms with E-state index in [1.54, 1.807) is 0 Å². The summed E-state index contributed by atoms with van der Waals surface area (Å²) in [6, 6.07) is 0. The van der Waals surface area contributed by atoms with Crippen LogP contribution in [-0.2, 0) is 56.8 Å². The van der Waals surface area contributed by atoms with Gasteiger partial charge in [-0.1, -0.05) is 0 Å². The summed E-state index contributed by atoms with van der Waals surface area (Å²) < 4.78 is 68.7. The van der Waals surface area contributed by atoms with Gasteiger partial charge in [-0.3, -0.25) is 0 Å². The van der Waals surface area contributed by atoms with Crippen LogP contribution in [-0.4, -0.2) is 316 Å². The van der Waals surface area contributed by atoms with Gasteiger partial charge in [0, 0.05) is 0 Å². The minimum atomic E-state index is -2.18. The van der Waals surface area contributed by atoms with Crippen molar-refractivity contribution in [2.75, 3.05) is 39.6 Å². The SMILES string of the molecule is OC[C@H]1O[C@H](O[C@@H]2[C@@H]3O[C@@H]4[C@@H](O)[C@@H](OC[C@H]5O[C@H](O[C@@H]6[C@@H](O)[C@@H](OC[C@H](O3)[C@H](O)[C@H]2O)O[C@H](CO)[C@H]6O)[C@H](O)[C@@H](O)[C@@H]5O[C@H]2O[C@H](CO)[C@@H](O)[C@H](O)[C@H]2O)O[C@H](CO)[C@H]4O)[C@H](O)[C@@H](O)[C@@H]1O. The van der Waals surface area contributed by atoms with Crippen molar-refractivity contribution in [2.45, 2.75) is 184 Å². The van der Waals surface area contributed by atoms with E-state index in [-0.39, 0.29) is 0 Å². The zero-order chi connectivity index (χ0) is 48.0. The van der Waals surface area contributed by atoms with Crippen molar-refractivity contribution in [3.63, 3.8) is 0 Å². The lowest BCUT2D eigenvalue weighted by molar-refractivity contribution is -0.402. The molecule has 0 amide bonds. The van der Waals surface area contributed by atoms with E-state index in [2.05, 4.69) is 0 Å². The molecule has 0 saturated carbocycles. The third-order valence-corrected chi connectivity index (χ3v) is 12.6. The van der Waals surface area contributed by atoms with Crippen molar-refractivity contribution in [3.05, 3.63) is 0 Å². The molecule has 7 rings (SSSR count). The number of hydrogen-bond acceptors (Lipinski definition) is 30. The Morgan fingerprint density at radius 2 is 0.697 bits per heavy atom.